The number of carbonyl (C=O) groups excluding carboxylic acids is 1. The lowest BCUT2D eigenvalue weighted by molar-refractivity contribution is 0.114. The van der Waals surface area contributed by atoms with E-state index in [1.54, 1.807) is 0 Å². The number of benzene rings is 1. The predicted molar refractivity (Wildman–Crippen MR) is 66.9 cm³/mol. The summed E-state index contributed by atoms with van der Waals surface area (Å²) in [5.41, 5.74) is 0.779. The molecular formula is C13H18N2O2. The highest BCUT2D eigenvalue weighted by atomic mass is 16.3. The van der Waals surface area contributed by atoms with Gasteiger partial charge in [0.1, 0.15) is 0 Å². The van der Waals surface area contributed by atoms with Crippen molar-refractivity contribution in [3.05, 3.63) is 30.3 Å². The molecule has 1 aliphatic carbocycles. The number of amides is 2. The van der Waals surface area contributed by atoms with E-state index in [4.69, 9.17) is 0 Å². The first kappa shape index (κ1) is 11.9. The smallest absolute Gasteiger partial charge is 0.319 e. The minimum absolute atomic E-state index is 0.0856. The van der Waals surface area contributed by atoms with Crippen LogP contribution < -0.4 is 10.6 Å². The third-order valence-electron chi connectivity index (χ3n) is 3.01. The van der Waals surface area contributed by atoms with Crippen molar-refractivity contribution in [3.8, 4) is 0 Å². The van der Waals surface area contributed by atoms with Gasteiger partial charge in [-0.2, -0.15) is 0 Å². The molecule has 1 aliphatic rings. The van der Waals surface area contributed by atoms with Crippen molar-refractivity contribution in [2.24, 2.45) is 0 Å². The van der Waals surface area contributed by atoms with E-state index in [1.165, 1.54) is 0 Å². The van der Waals surface area contributed by atoms with Crippen LogP contribution >= 0.6 is 0 Å². The van der Waals surface area contributed by atoms with Crippen LogP contribution in [0.15, 0.2) is 30.3 Å². The molecule has 2 amide bonds. The van der Waals surface area contributed by atoms with Crippen LogP contribution in [-0.4, -0.2) is 23.3 Å². The molecule has 2 unspecified atom stereocenters. The number of aliphatic hydroxyl groups is 1. The Morgan fingerprint density at radius 3 is 2.71 bits per heavy atom. The van der Waals surface area contributed by atoms with Crippen LogP contribution in [0.25, 0.3) is 0 Å². The van der Waals surface area contributed by atoms with Gasteiger partial charge in [-0.1, -0.05) is 18.2 Å². The average molecular weight is 234 g/mol. The molecule has 1 aromatic rings. The number of urea groups is 1. The number of anilines is 1. The predicted octanol–water partition coefficient (Wildman–Crippen LogP) is 2.11. The molecule has 0 aromatic heterocycles. The number of hydrogen-bond donors (Lipinski definition) is 3. The van der Waals surface area contributed by atoms with E-state index in [0.717, 1.165) is 24.9 Å². The molecule has 92 valence electrons. The number of nitrogens with one attached hydrogen (secondary N) is 2. The van der Waals surface area contributed by atoms with Gasteiger partial charge in [0.05, 0.1) is 6.10 Å². The maximum Gasteiger partial charge on any atom is 0.319 e. The van der Waals surface area contributed by atoms with E-state index in [1.807, 2.05) is 30.3 Å². The van der Waals surface area contributed by atoms with Gasteiger partial charge < -0.3 is 15.7 Å². The normalized spacial score (nSPS) is 24.1. The minimum atomic E-state index is -0.272. The first-order chi connectivity index (χ1) is 8.24. The monoisotopic (exact) mass is 234 g/mol. The molecule has 0 radical (unpaired) electrons. The van der Waals surface area contributed by atoms with E-state index in [2.05, 4.69) is 10.6 Å². The van der Waals surface area contributed by atoms with E-state index < -0.39 is 0 Å². The van der Waals surface area contributed by atoms with Gasteiger partial charge in [0.2, 0.25) is 0 Å². The Balaban J connectivity index is 1.81. The Kier molecular flexibility index (Phi) is 3.98. The minimum Gasteiger partial charge on any atom is -0.393 e. The summed E-state index contributed by atoms with van der Waals surface area (Å²) in [6, 6.07) is 9.23. The van der Waals surface area contributed by atoms with Crippen LogP contribution in [0.4, 0.5) is 10.5 Å². The molecule has 0 saturated heterocycles. The van der Waals surface area contributed by atoms with Crippen LogP contribution in [0.5, 0.6) is 0 Å². The molecule has 3 N–H and O–H groups in total. The molecule has 4 heteroatoms. The van der Waals surface area contributed by atoms with Gasteiger partial charge in [-0.25, -0.2) is 4.79 Å². The summed E-state index contributed by atoms with van der Waals surface area (Å²) >= 11 is 0. The summed E-state index contributed by atoms with van der Waals surface area (Å²) in [7, 11) is 0. The lowest BCUT2D eigenvalue weighted by Gasteiger charge is -2.26. The molecule has 1 aromatic carbocycles. The lowest BCUT2D eigenvalue weighted by atomic mass is 9.93. The zero-order chi connectivity index (χ0) is 12.1. The van der Waals surface area contributed by atoms with E-state index in [0.29, 0.717) is 6.42 Å². The Morgan fingerprint density at radius 1 is 1.24 bits per heavy atom. The second-order valence-corrected chi connectivity index (χ2v) is 4.48. The Labute approximate surface area is 101 Å². The summed E-state index contributed by atoms with van der Waals surface area (Å²) in [6.45, 7) is 0. The fraction of sp³-hybridized carbons (Fsp3) is 0.462. The van der Waals surface area contributed by atoms with Crippen LogP contribution in [-0.2, 0) is 0 Å². The van der Waals surface area contributed by atoms with Crippen molar-refractivity contribution in [2.75, 3.05) is 5.32 Å². The van der Waals surface area contributed by atoms with Gasteiger partial charge in [0, 0.05) is 11.7 Å². The molecule has 0 bridgehead atoms. The van der Waals surface area contributed by atoms with Gasteiger partial charge in [-0.3, -0.25) is 0 Å². The molecule has 0 spiro atoms. The first-order valence-corrected chi connectivity index (χ1v) is 6.04. The molecule has 2 atom stereocenters. The fourth-order valence-electron chi connectivity index (χ4n) is 2.17. The highest BCUT2D eigenvalue weighted by molar-refractivity contribution is 5.89. The number of carbonyl (C=O) groups is 1. The summed E-state index contributed by atoms with van der Waals surface area (Å²) in [6.07, 6.45) is 3.14. The lowest BCUT2D eigenvalue weighted by Crippen LogP contribution is -2.41. The standard InChI is InChI=1S/C13H18N2O2/c16-12-8-4-7-11(9-12)15-13(17)14-10-5-2-1-3-6-10/h1-3,5-6,11-12,16H,4,7-9H2,(H2,14,15,17). The second kappa shape index (κ2) is 5.68. The van der Waals surface area contributed by atoms with Crippen molar-refractivity contribution < 1.29 is 9.90 Å². The number of rotatable bonds is 2. The molecule has 17 heavy (non-hydrogen) atoms. The average Bonchev–Trinajstić information content (AvgIpc) is 2.30. The molecule has 1 fully saturated rings. The fourth-order valence-corrected chi connectivity index (χ4v) is 2.17. The second-order valence-electron chi connectivity index (χ2n) is 4.48. The maximum atomic E-state index is 11.7. The summed E-state index contributed by atoms with van der Waals surface area (Å²) in [5, 5.41) is 15.2. The zero-order valence-electron chi connectivity index (χ0n) is 9.73. The summed E-state index contributed by atoms with van der Waals surface area (Å²) in [5.74, 6) is 0. The molecule has 0 heterocycles. The van der Waals surface area contributed by atoms with Crippen molar-refractivity contribution in [1.29, 1.82) is 0 Å². The Hall–Kier alpha value is -1.55. The van der Waals surface area contributed by atoms with Gasteiger partial charge in [0.15, 0.2) is 0 Å². The van der Waals surface area contributed by atoms with E-state index >= 15 is 0 Å². The van der Waals surface area contributed by atoms with Crippen LogP contribution in [0, 0.1) is 0 Å². The maximum absolute atomic E-state index is 11.7. The third kappa shape index (κ3) is 3.75. The van der Waals surface area contributed by atoms with Gasteiger partial charge in [0.25, 0.3) is 0 Å². The molecule has 2 rings (SSSR count). The Morgan fingerprint density at radius 2 is 2.00 bits per heavy atom. The molecule has 0 aliphatic heterocycles. The van der Waals surface area contributed by atoms with Crippen LogP contribution in [0.3, 0.4) is 0 Å². The van der Waals surface area contributed by atoms with E-state index in [9.17, 15) is 9.90 Å². The zero-order valence-corrected chi connectivity index (χ0v) is 9.73. The van der Waals surface area contributed by atoms with Crippen LogP contribution in [0.1, 0.15) is 25.7 Å². The topological polar surface area (TPSA) is 61.4 Å². The SMILES string of the molecule is O=C(Nc1ccccc1)NC1CCCC(O)C1. The third-order valence-corrected chi connectivity index (χ3v) is 3.01. The molecule has 1 saturated carbocycles. The van der Waals surface area contributed by atoms with Crippen molar-refractivity contribution in [1.82, 2.24) is 5.32 Å². The van der Waals surface area contributed by atoms with Crippen molar-refractivity contribution in [3.63, 3.8) is 0 Å². The van der Waals surface area contributed by atoms with Gasteiger partial charge in [-0.05, 0) is 37.8 Å². The number of para-hydroxylation sites is 1. The molecular weight excluding hydrogens is 216 g/mol. The van der Waals surface area contributed by atoms with Gasteiger partial charge >= 0.3 is 6.03 Å². The highest BCUT2D eigenvalue weighted by Gasteiger charge is 2.21. The van der Waals surface area contributed by atoms with Crippen molar-refractivity contribution in [2.45, 2.75) is 37.8 Å². The van der Waals surface area contributed by atoms with Crippen LogP contribution in [0.2, 0.25) is 0 Å². The van der Waals surface area contributed by atoms with Gasteiger partial charge in [-0.15, -0.1) is 0 Å². The number of aliphatic hydroxyl groups excluding tert-OH is 1. The number of hydrogen-bond acceptors (Lipinski definition) is 2. The van der Waals surface area contributed by atoms with E-state index in [-0.39, 0.29) is 18.2 Å². The summed E-state index contributed by atoms with van der Waals surface area (Å²) < 4.78 is 0. The van der Waals surface area contributed by atoms with Crippen molar-refractivity contribution >= 4 is 11.7 Å². The molecule has 4 nitrogen and oxygen atoms in total. The quantitative estimate of drug-likeness (QED) is 0.734. The summed E-state index contributed by atoms with van der Waals surface area (Å²) in [4.78, 5) is 11.7. The first-order valence-electron chi connectivity index (χ1n) is 6.04. The highest BCUT2D eigenvalue weighted by Crippen LogP contribution is 2.18. The Bertz CT molecular complexity index is 367. The largest absolute Gasteiger partial charge is 0.393 e.